The van der Waals surface area contributed by atoms with Gasteiger partial charge in [0.15, 0.2) is 0 Å². The summed E-state index contributed by atoms with van der Waals surface area (Å²) in [4.78, 5) is 14.6. The van der Waals surface area contributed by atoms with Gasteiger partial charge in [-0.2, -0.15) is 0 Å². The quantitative estimate of drug-likeness (QED) is 0.168. The van der Waals surface area contributed by atoms with Crippen LogP contribution in [0.1, 0.15) is 27.7 Å². The summed E-state index contributed by atoms with van der Waals surface area (Å²) in [6, 6.07) is 35.0. The van der Waals surface area contributed by atoms with E-state index in [-0.39, 0.29) is 0 Å². The lowest BCUT2D eigenvalue weighted by Gasteiger charge is -2.41. The number of benzene rings is 3. The second kappa shape index (κ2) is 9.39. The molecule has 0 saturated carbocycles. The Morgan fingerprint density at radius 3 is 2.20 bits per heavy atom. The van der Waals surface area contributed by atoms with Gasteiger partial charge in [0, 0.05) is 23.2 Å². The molecule has 7 rings (SSSR count). The van der Waals surface area contributed by atoms with Crippen LogP contribution in [0.25, 0.3) is 49.7 Å². The van der Waals surface area contributed by atoms with E-state index in [0.717, 1.165) is 38.8 Å². The van der Waals surface area contributed by atoms with Gasteiger partial charge in [-0.1, -0.05) is 92.7 Å². The predicted octanol–water partition coefficient (Wildman–Crippen LogP) is 7.63. The van der Waals surface area contributed by atoms with Crippen molar-refractivity contribution in [2.45, 2.75) is 38.8 Å². The van der Waals surface area contributed by atoms with Crippen LogP contribution >= 0.6 is 0 Å². The third-order valence-electron chi connectivity index (χ3n) is 8.70. The van der Waals surface area contributed by atoms with Crippen molar-refractivity contribution in [3.05, 3.63) is 109 Å². The highest BCUT2D eigenvalue weighted by Gasteiger charge is 2.43. The Hall–Kier alpha value is -4.35. The van der Waals surface area contributed by atoms with E-state index in [4.69, 9.17) is 9.97 Å². The van der Waals surface area contributed by atoms with Crippen molar-refractivity contribution < 1.29 is 0 Å². The first kappa shape index (κ1) is 24.7. The Morgan fingerprint density at radius 2 is 1.40 bits per heavy atom. The smallest absolute Gasteiger partial charge is 0.147 e. The molecule has 196 valence electrons. The number of hydrogen-bond acceptors (Lipinski definition) is 3. The zero-order valence-corrected chi connectivity index (χ0v) is 24.3. The van der Waals surface area contributed by atoms with Crippen molar-refractivity contribution in [3.8, 4) is 11.3 Å². The monoisotopic (exact) mass is 536 g/mol. The van der Waals surface area contributed by atoms with Gasteiger partial charge in [0.1, 0.15) is 13.7 Å². The van der Waals surface area contributed by atoms with Crippen LogP contribution in [-0.2, 0) is 0 Å². The van der Waals surface area contributed by atoms with Crippen molar-refractivity contribution in [2.24, 2.45) is 0 Å². The van der Waals surface area contributed by atoms with E-state index in [1.54, 1.807) is 0 Å². The number of imidazole rings is 1. The molecule has 0 fully saturated rings. The highest BCUT2D eigenvalue weighted by Crippen LogP contribution is 2.36. The van der Waals surface area contributed by atoms with E-state index >= 15 is 0 Å². The number of rotatable bonds is 5. The average Bonchev–Trinajstić information content (AvgIpc) is 3.38. The van der Waals surface area contributed by atoms with Crippen molar-refractivity contribution in [3.63, 3.8) is 0 Å². The maximum atomic E-state index is 5.03. The fourth-order valence-corrected chi connectivity index (χ4v) is 12.9. The fourth-order valence-electron chi connectivity index (χ4n) is 7.06. The summed E-state index contributed by atoms with van der Waals surface area (Å²) in [6.07, 6.45) is 3.78. The van der Waals surface area contributed by atoms with Crippen LogP contribution in [0.5, 0.6) is 0 Å². The molecule has 0 atom stereocenters. The topological polar surface area (TPSA) is 43.1 Å². The van der Waals surface area contributed by atoms with Crippen LogP contribution in [0.3, 0.4) is 0 Å². The van der Waals surface area contributed by atoms with E-state index in [0.29, 0.717) is 11.1 Å². The Morgan fingerprint density at radius 1 is 0.625 bits per heavy atom. The first-order chi connectivity index (χ1) is 19.5. The molecule has 7 aromatic rings. The predicted molar refractivity (Wildman–Crippen MR) is 170 cm³/mol. The maximum absolute atomic E-state index is 5.03. The first-order valence-electron chi connectivity index (χ1n) is 14.1. The van der Waals surface area contributed by atoms with E-state index < -0.39 is 8.07 Å². The summed E-state index contributed by atoms with van der Waals surface area (Å²) >= 11 is 0. The van der Waals surface area contributed by atoms with E-state index in [1.807, 2.05) is 24.5 Å². The van der Waals surface area contributed by atoms with Crippen LogP contribution in [0, 0.1) is 0 Å². The molecule has 5 heteroatoms. The Balaban J connectivity index is 1.55. The van der Waals surface area contributed by atoms with Crippen LogP contribution in [0.15, 0.2) is 109 Å². The lowest BCUT2D eigenvalue weighted by atomic mass is 10.1. The number of fused-ring (bicyclic) bond motifs is 8. The maximum Gasteiger partial charge on any atom is 0.147 e. The summed E-state index contributed by atoms with van der Waals surface area (Å²) in [5, 5.41) is 5.16. The van der Waals surface area contributed by atoms with Crippen LogP contribution in [0.2, 0.25) is 11.1 Å². The minimum absolute atomic E-state index is 0.487. The molecule has 0 spiro atoms. The summed E-state index contributed by atoms with van der Waals surface area (Å²) in [5.74, 6) is 0. The lowest BCUT2D eigenvalue weighted by Crippen LogP contribution is -2.62. The molecule has 0 N–H and O–H groups in total. The number of pyridine rings is 3. The number of aromatic nitrogens is 4. The molecule has 40 heavy (non-hydrogen) atoms. The van der Waals surface area contributed by atoms with Gasteiger partial charge in [-0.15, -0.1) is 0 Å². The molecular weight excluding hydrogens is 504 g/mol. The zero-order valence-electron chi connectivity index (χ0n) is 23.3. The molecular formula is C35H32N4Si. The highest BCUT2D eigenvalue weighted by molar-refractivity contribution is 7.04. The van der Waals surface area contributed by atoms with Gasteiger partial charge in [-0.3, -0.25) is 14.4 Å². The summed E-state index contributed by atoms with van der Waals surface area (Å²) in [5.41, 5.74) is 8.42. The SMILES string of the molecule is CC(C)[Si](c1cccc(-c2ccccn2)c1)(c1ccc2c(c1)c1ncccc1c1nc3ccccc3n21)C(C)C. The zero-order chi connectivity index (χ0) is 27.4. The molecule has 0 saturated heterocycles. The molecule has 0 aliphatic rings. The lowest BCUT2D eigenvalue weighted by molar-refractivity contribution is 0.928. The van der Waals surface area contributed by atoms with E-state index in [1.165, 1.54) is 21.3 Å². The fraction of sp³-hybridized carbons (Fsp3) is 0.171. The Bertz CT molecular complexity index is 2020. The summed E-state index contributed by atoms with van der Waals surface area (Å²) in [7, 11) is -2.26. The van der Waals surface area contributed by atoms with Gasteiger partial charge in [0.25, 0.3) is 0 Å². The van der Waals surface area contributed by atoms with Gasteiger partial charge in [-0.25, -0.2) is 4.98 Å². The van der Waals surface area contributed by atoms with Gasteiger partial charge in [0.05, 0.1) is 27.8 Å². The summed E-state index contributed by atoms with van der Waals surface area (Å²) in [6.45, 7) is 9.64. The molecule has 0 aliphatic heterocycles. The molecule has 3 aromatic carbocycles. The minimum Gasteiger partial charge on any atom is -0.292 e. The molecule has 0 unspecified atom stereocenters. The van der Waals surface area contributed by atoms with Crippen molar-refractivity contribution in [1.82, 2.24) is 19.4 Å². The van der Waals surface area contributed by atoms with E-state index in [2.05, 4.69) is 122 Å². The number of nitrogens with zero attached hydrogens (tertiary/aromatic N) is 4. The second-order valence-electron chi connectivity index (χ2n) is 11.4. The standard InChI is InChI=1S/C35H32N4Si/c1-23(2)40(24(3)4,26-12-9-11-25(21-26)30-14-7-8-19-36-30)27-17-18-32-29(22-27)34-28(13-10-20-37-34)35-38-31-15-5-6-16-33(31)39(32)35/h5-24H,1-4H3. The summed E-state index contributed by atoms with van der Waals surface area (Å²) < 4.78 is 2.31. The molecule has 0 amide bonds. The highest BCUT2D eigenvalue weighted by atomic mass is 28.3. The van der Waals surface area contributed by atoms with Crippen molar-refractivity contribution in [1.29, 1.82) is 0 Å². The number of hydrogen-bond donors (Lipinski definition) is 0. The first-order valence-corrected chi connectivity index (χ1v) is 16.3. The second-order valence-corrected chi connectivity index (χ2v) is 16.6. The van der Waals surface area contributed by atoms with Crippen LogP contribution in [0.4, 0.5) is 0 Å². The van der Waals surface area contributed by atoms with Crippen LogP contribution < -0.4 is 10.4 Å². The number of para-hydroxylation sites is 2. The average molecular weight is 537 g/mol. The third kappa shape index (κ3) is 3.54. The van der Waals surface area contributed by atoms with Crippen molar-refractivity contribution in [2.75, 3.05) is 0 Å². The molecule has 4 aromatic heterocycles. The molecule has 4 nitrogen and oxygen atoms in total. The van der Waals surface area contributed by atoms with Crippen molar-refractivity contribution >= 4 is 56.9 Å². The van der Waals surface area contributed by atoms with Gasteiger partial charge in [0.2, 0.25) is 0 Å². The largest absolute Gasteiger partial charge is 0.292 e. The molecule has 0 bridgehead atoms. The van der Waals surface area contributed by atoms with Gasteiger partial charge in [-0.05, 0) is 59.1 Å². The van der Waals surface area contributed by atoms with Gasteiger partial charge < -0.3 is 0 Å². The Kier molecular flexibility index (Phi) is 5.79. The third-order valence-corrected chi connectivity index (χ3v) is 14.9. The van der Waals surface area contributed by atoms with Crippen LogP contribution in [-0.4, -0.2) is 27.4 Å². The minimum atomic E-state index is -2.26. The normalized spacial score (nSPS) is 12.4. The molecule has 0 aliphatic carbocycles. The Labute approximate surface area is 235 Å². The molecule has 0 radical (unpaired) electrons. The van der Waals surface area contributed by atoms with E-state index in [9.17, 15) is 0 Å². The van der Waals surface area contributed by atoms with Gasteiger partial charge >= 0.3 is 0 Å². The molecule has 4 heterocycles.